The van der Waals surface area contributed by atoms with Gasteiger partial charge in [-0.15, -0.1) is 0 Å². The third-order valence-corrected chi connectivity index (χ3v) is 4.78. The second kappa shape index (κ2) is 8.52. The van der Waals surface area contributed by atoms with E-state index in [-0.39, 0.29) is 11.9 Å². The number of carbonyl (C=O) groups excluding carboxylic acids is 1. The van der Waals surface area contributed by atoms with Gasteiger partial charge in [0.2, 0.25) is 5.91 Å². The lowest BCUT2D eigenvalue weighted by Crippen LogP contribution is -2.28. The molecule has 0 unspecified atom stereocenters. The molecule has 0 N–H and O–H groups in total. The second-order valence-corrected chi connectivity index (χ2v) is 6.64. The summed E-state index contributed by atoms with van der Waals surface area (Å²) in [7, 11) is 3.43. The molecule has 2 aromatic carbocycles. The van der Waals surface area contributed by atoms with Gasteiger partial charge in [0.1, 0.15) is 18.4 Å². The number of amides is 1. The number of aromatic nitrogens is 3. The molecule has 1 heterocycles. The maximum Gasteiger partial charge on any atom is 0.246 e. The van der Waals surface area contributed by atoms with Gasteiger partial charge in [-0.05, 0) is 49.8 Å². The van der Waals surface area contributed by atoms with Crippen molar-refractivity contribution in [3.8, 4) is 11.4 Å². The van der Waals surface area contributed by atoms with Crippen LogP contribution in [-0.4, -0.2) is 39.7 Å². The molecule has 28 heavy (non-hydrogen) atoms. The molecule has 0 saturated carbocycles. The van der Waals surface area contributed by atoms with Crippen molar-refractivity contribution in [1.29, 1.82) is 0 Å². The van der Waals surface area contributed by atoms with E-state index >= 15 is 0 Å². The van der Waals surface area contributed by atoms with E-state index in [2.05, 4.69) is 10.1 Å². The molecule has 6 heteroatoms. The van der Waals surface area contributed by atoms with Crippen LogP contribution in [-0.2, 0) is 4.79 Å². The van der Waals surface area contributed by atoms with E-state index in [0.29, 0.717) is 0 Å². The van der Waals surface area contributed by atoms with Gasteiger partial charge in [-0.1, -0.05) is 23.8 Å². The molecule has 0 aliphatic rings. The fourth-order valence-electron chi connectivity index (χ4n) is 2.92. The standard InChI is InChI=1S/C22H24N4O2/c1-16-5-11-21(28-4)19(13-16)8-12-22(27)25(3)17(2)18-6-9-20(10-7-18)26-15-23-14-24-26/h5-15,17H,1-4H3/b12-8+/t17-/m1/s1. The zero-order valence-electron chi connectivity index (χ0n) is 16.5. The Balaban J connectivity index is 1.71. The third-order valence-electron chi connectivity index (χ3n) is 4.78. The molecule has 1 amide bonds. The molecule has 0 spiro atoms. The SMILES string of the molecule is COc1ccc(C)cc1/C=C/C(=O)N(C)[C@H](C)c1ccc(-n2cncn2)cc1. The first-order valence-corrected chi connectivity index (χ1v) is 9.04. The number of hydrogen-bond acceptors (Lipinski definition) is 4. The maximum atomic E-state index is 12.6. The highest BCUT2D eigenvalue weighted by atomic mass is 16.5. The molecule has 0 fully saturated rings. The smallest absolute Gasteiger partial charge is 0.246 e. The minimum Gasteiger partial charge on any atom is -0.496 e. The Bertz CT molecular complexity index is 963. The van der Waals surface area contributed by atoms with Gasteiger partial charge in [0.15, 0.2) is 0 Å². The highest BCUT2D eigenvalue weighted by Gasteiger charge is 2.15. The van der Waals surface area contributed by atoms with Gasteiger partial charge in [-0.2, -0.15) is 5.10 Å². The summed E-state index contributed by atoms with van der Waals surface area (Å²) in [4.78, 5) is 18.3. The zero-order valence-corrected chi connectivity index (χ0v) is 16.5. The Morgan fingerprint density at radius 1 is 1.21 bits per heavy atom. The fourth-order valence-corrected chi connectivity index (χ4v) is 2.92. The number of hydrogen-bond donors (Lipinski definition) is 0. The van der Waals surface area contributed by atoms with E-state index in [0.717, 1.165) is 28.1 Å². The summed E-state index contributed by atoms with van der Waals surface area (Å²) in [5, 5.41) is 4.12. The third kappa shape index (κ3) is 4.28. The largest absolute Gasteiger partial charge is 0.496 e. The predicted molar refractivity (Wildman–Crippen MR) is 109 cm³/mol. The highest BCUT2D eigenvalue weighted by Crippen LogP contribution is 2.23. The number of rotatable bonds is 6. The summed E-state index contributed by atoms with van der Waals surface area (Å²) in [6.45, 7) is 4.01. The minimum atomic E-state index is -0.0728. The number of carbonyl (C=O) groups is 1. The molecule has 6 nitrogen and oxygen atoms in total. The Morgan fingerprint density at radius 3 is 2.61 bits per heavy atom. The van der Waals surface area contributed by atoms with Gasteiger partial charge < -0.3 is 9.64 Å². The molecule has 1 atom stereocenters. The van der Waals surface area contributed by atoms with Crippen LogP contribution in [0.3, 0.4) is 0 Å². The van der Waals surface area contributed by atoms with Crippen molar-refractivity contribution in [2.75, 3.05) is 14.2 Å². The summed E-state index contributed by atoms with van der Waals surface area (Å²) in [5.74, 6) is 0.672. The molecule has 144 valence electrons. The molecule has 0 aliphatic carbocycles. The molecule has 0 bridgehead atoms. The van der Waals surface area contributed by atoms with Crippen molar-refractivity contribution in [3.63, 3.8) is 0 Å². The quantitative estimate of drug-likeness (QED) is 0.614. The van der Waals surface area contributed by atoms with E-state index in [9.17, 15) is 4.79 Å². The molecule has 3 rings (SSSR count). The summed E-state index contributed by atoms with van der Waals surface area (Å²) in [5.41, 5.74) is 3.96. The molecule has 1 aromatic heterocycles. The summed E-state index contributed by atoms with van der Waals surface area (Å²) >= 11 is 0. The van der Waals surface area contributed by atoms with Crippen molar-refractivity contribution in [1.82, 2.24) is 19.7 Å². The maximum absolute atomic E-state index is 12.6. The van der Waals surface area contributed by atoms with E-state index < -0.39 is 0 Å². The van der Waals surface area contributed by atoms with Crippen LogP contribution < -0.4 is 4.74 Å². The molecule has 0 saturated heterocycles. The molecule has 0 radical (unpaired) electrons. The van der Waals surface area contributed by atoms with Crippen LogP contribution in [0.15, 0.2) is 61.2 Å². The second-order valence-electron chi connectivity index (χ2n) is 6.64. The Labute approximate surface area is 165 Å². The number of methoxy groups -OCH3 is 1. The van der Waals surface area contributed by atoms with Crippen LogP contribution in [0.5, 0.6) is 5.75 Å². The lowest BCUT2D eigenvalue weighted by atomic mass is 10.1. The first-order valence-electron chi connectivity index (χ1n) is 9.04. The van der Waals surface area contributed by atoms with Crippen LogP contribution in [0, 0.1) is 6.92 Å². The number of ether oxygens (including phenoxy) is 1. The van der Waals surface area contributed by atoms with Crippen LogP contribution in [0.1, 0.15) is 29.7 Å². The molecular weight excluding hydrogens is 352 g/mol. The summed E-state index contributed by atoms with van der Waals surface area (Å²) < 4.78 is 7.06. The van der Waals surface area contributed by atoms with E-state index in [1.54, 1.807) is 42.2 Å². The monoisotopic (exact) mass is 376 g/mol. The van der Waals surface area contributed by atoms with Gasteiger partial charge >= 0.3 is 0 Å². The van der Waals surface area contributed by atoms with Crippen LogP contribution in [0.4, 0.5) is 0 Å². The lowest BCUT2D eigenvalue weighted by Gasteiger charge is -2.24. The number of aryl methyl sites for hydroxylation is 1. The number of benzene rings is 2. The Kier molecular flexibility index (Phi) is 5.89. The van der Waals surface area contributed by atoms with E-state index in [1.807, 2.05) is 56.3 Å². The Morgan fingerprint density at radius 2 is 1.96 bits per heavy atom. The van der Waals surface area contributed by atoms with Crippen LogP contribution >= 0.6 is 0 Å². The van der Waals surface area contributed by atoms with Gasteiger partial charge in [0.05, 0.1) is 18.8 Å². The summed E-state index contributed by atoms with van der Waals surface area (Å²) in [6.07, 6.45) is 6.53. The topological polar surface area (TPSA) is 60.2 Å². The zero-order chi connectivity index (χ0) is 20.1. The molecule has 0 aliphatic heterocycles. The van der Waals surface area contributed by atoms with Crippen molar-refractivity contribution < 1.29 is 9.53 Å². The molecule has 3 aromatic rings. The first-order chi connectivity index (χ1) is 13.5. The van der Waals surface area contributed by atoms with Crippen LogP contribution in [0.2, 0.25) is 0 Å². The van der Waals surface area contributed by atoms with E-state index in [4.69, 9.17) is 4.74 Å². The first kappa shape index (κ1) is 19.4. The van der Waals surface area contributed by atoms with Gasteiger partial charge in [0.25, 0.3) is 0 Å². The van der Waals surface area contributed by atoms with Crippen molar-refractivity contribution in [2.24, 2.45) is 0 Å². The average molecular weight is 376 g/mol. The number of likely N-dealkylation sites (N-methyl/N-ethyl adjacent to an activating group) is 1. The molecular formula is C22H24N4O2. The lowest BCUT2D eigenvalue weighted by molar-refractivity contribution is -0.126. The highest BCUT2D eigenvalue weighted by molar-refractivity contribution is 5.92. The summed E-state index contributed by atoms with van der Waals surface area (Å²) in [6, 6.07) is 13.7. The Hall–Kier alpha value is -3.41. The average Bonchev–Trinajstić information content (AvgIpc) is 3.26. The van der Waals surface area contributed by atoms with Crippen molar-refractivity contribution in [3.05, 3.63) is 77.9 Å². The fraction of sp³-hybridized carbons (Fsp3) is 0.227. The van der Waals surface area contributed by atoms with Crippen molar-refractivity contribution in [2.45, 2.75) is 19.9 Å². The van der Waals surface area contributed by atoms with Crippen LogP contribution in [0.25, 0.3) is 11.8 Å². The van der Waals surface area contributed by atoms with E-state index in [1.165, 1.54) is 6.33 Å². The van der Waals surface area contributed by atoms with Gasteiger partial charge in [-0.3, -0.25) is 4.79 Å². The van der Waals surface area contributed by atoms with Gasteiger partial charge in [0, 0.05) is 18.7 Å². The normalized spacial score (nSPS) is 12.1. The van der Waals surface area contributed by atoms with Gasteiger partial charge in [-0.25, -0.2) is 9.67 Å². The minimum absolute atomic E-state index is 0.0682. The van der Waals surface area contributed by atoms with Crippen molar-refractivity contribution >= 4 is 12.0 Å². The predicted octanol–water partition coefficient (Wildman–Crippen LogP) is 3.82. The number of nitrogens with zero attached hydrogens (tertiary/aromatic N) is 4.